The van der Waals surface area contributed by atoms with Crippen LogP contribution in [0.1, 0.15) is 49.7 Å². The number of alkyl halides is 6. The van der Waals surface area contributed by atoms with Crippen molar-refractivity contribution in [1.29, 1.82) is 0 Å². The number of halogens is 6. The lowest BCUT2D eigenvalue weighted by Gasteiger charge is -2.37. The zero-order valence-electron chi connectivity index (χ0n) is 22.1. The Balaban J connectivity index is 1.22. The molecule has 0 radical (unpaired) electrons. The molecule has 12 heteroatoms. The zero-order chi connectivity index (χ0) is 29.1. The number of anilines is 2. The highest BCUT2D eigenvalue weighted by Gasteiger charge is 2.35. The van der Waals surface area contributed by atoms with Gasteiger partial charge in [-0.25, -0.2) is 0 Å². The number of benzene rings is 2. The summed E-state index contributed by atoms with van der Waals surface area (Å²) in [6, 6.07) is 8.45. The summed E-state index contributed by atoms with van der Waals surface area (Å²) in [4.78, 5) is 27.7. The molecule has 0 unspecified atom stereocenters. The molecule has 1 amide bonds. The van der Waals surface area contributed by atoms with Crippen molar-refractivity contribution < 1.29 is 31.1 Å². The van der Waals surface area contributed by atoms with Gasteiger partial charge in [0, 0.05) is 50.0 Å². The second kappa shape index (κ2) is 12.1. The van der Waals surface area contributed by atoms with Crippen molar-refractivity contribution in [3.63, 3.8) is 0 Å². The lowest BCUT2D eigenvalue weighted by molar-refractivity contribution is -0.138. The Morgan fingerprint density at radius 2 is 1.55 bits per heavy atom. The molecule has 40 heavy (non-hydrogen) atoms. The molecule has 2 aliphatic rings. The van der Waals surface area contributed by atoms with Crippen LogP contribution in [0.25, 0.3) is 0 Å². The minimum absolute atomic E-state index is 0.0596. The van der Waals surface area contributed by atoms with Crippen LogP contribution in [0.15, 0.2) is 47.6 Å². The van der Waals surface area contributed by atoms with Gasteiger partial charge >= 0.3 is 12.4 Å². The van der Waals surface area contributed by atoms with Crippen molar-refractivity contribution in [3.05, 3.63) is 58.5 Å². The predicted molar refractivity (Wildman–Crippen MR) is 140 cm³/mol. The molecule has 2 fully saturated rings. The number of piperidine rings is 1. The monoisotopic (exact) mass is 570 g/mol. The summed E-state index contributed by atoms with van der Waals surface area (Å²) in [7, 11) is 1.79. The second-order valence-electron chi connectivity index (χ2n) is 10.7. The van der Waals surface area contributed by atoms with Gasteiger partial charge in [0.2, 0.25) is 5.91 Å². The number of rotatable bonds is 7. The van der Waals surface area contributed by atoms with Gasteiger partial charge in [-0.1, -0.05) is 0 Å². The average molecular weight is 571 g/mol. The Hall–Kier alpha value is -3.31. The van der Waals surface area contributed by atoms with E-state index in [4.69, 9.17) is 0 Å². The van der Waals surface area contributed by atoms with Gasteiger partial charge in [0.25, 0.3) is 0 Å². The van der Waals surface area contributed by atoms with Crippen molar-refractivity contribution in [3.8, 4) is 0 Å². The third-order valence-corrected chi connectivity index (χ3v) is 7.93. The summed E-state index contributed by atoms with van der Waals surface area (Å²) < 4.78 is 78.1. The van der Waals surface area contributed by atoms with E-state index >= 15 is 0 Å². The van der Waals surface area contributed by atoms with Crippen LogP contribution in [-0.4, -0.2) is 43.5 Å². The van der Waals surface area contributed by atoms with E-state index < -0.39 is 29.2 Å². The van der Waals surface area contributed by atoms with Crippen molar-refractivity contribution in [2.45, 2.75) is 56.9 Å². The molecule has 0 spiro atoms. The first-order valence-electron chi connectivity index (χ1n) is 13.3. The van der Waals surface area contributed by atoms with Gasteiger partial charge in [0.15, 0.2) is 0 Å². The summed E-state index contributed by atoms with van der Waals surface area (Å²) >= 11 is 0. The standard InChI is InChI=1S/C28H32F6N4O2/c1-37(17-18-12-14-38(15-13-18)23-9-4-20(5-10-23)27(29,30)31)26(39)19-2-6-21(7-3-19)35-22-8-11-25(36-40)24(16-22)28(32,33)34/h4-5,8-11,16,18-19,21,35H,2-3,6-7,12-15,17H2,1H3. The van der Waals surface area contributed by atoms with Crippen LogP contribution < -0.4 is 10.2 Å². The number of nitrogens with one attached hydrogen (secondary N) is 1. The Labute approximate surface area is 228 Å². The van der Waals surface area contributed by atoms with Crippen LogP contribution in [0, 0.1) is 16.7 Å². The van der Waals surface area contributed by atoms with Gasteiger partial charge in [-0.3, -0.25) is 4.79 Å². The van der Waals surface area contributed by atoms with Crippen molar-refractivity contribution in [2.24, 2.45) is 17.0 Å². The van der Waals surface area contributed by atoms with Gasteiger partial charge in [-0.05, 0) is 92.1 Å². The number of nitroso groups, excluding NO2 is 1. The molecule has 1 N–H and O–H groups in total. The summed E-state index contributed by atoms with van der Waals surface area (Å²) in [5.41, 5.74) is -1.39. The van der Waals surface area contributed by atoms with Gasteiger partial charge in [-0.2, -0.15) is 26.3 Å². The van der Waals surface area contributed by atoms with Gasteiger partial charge < -0.3 is 15.1 Å². The fourth-order valence-electron chi connectivity index (χ4n) is 5.68. The van der Waals surface area contributed by atoms with Gasteiger partial charge in [0.05, 0.1) is 11.1 Å². The summed E-state index contributed by atoms with van der Waals surface area (Å²) in [6.45, 7) is 2.01. The summed E-state index contributed by atoms with van der Waals surface area (Å²) in [6.07, 6.45) is -4.90. The zero-order valence-corrected chi connectivity index (χ0v) is 22.1. The SMILES string of the molecule is CN(CC1CCN(c2ccc(C(F)(F)F)cc2)CC1)C(=O)C1CCC(Nc2ccc(N=O)c(C(F)(F)F)c2)CC1. The Bertz CT molecular complexity index is 1170. The van der Waals surface area contributed by atoms with Gasteiger partial charge in [0.1, 0.15) is 5.69 Å². The van der Waals surface area contributed by atoms with Crippen LogP contribution in [-0.2, 0) is 17.1 Å². The van der Waals surface area contributed by atoms with E-state index in [-0.39, 0.29) is 23.6 Å². The molecule has 2 aromatic rings. The normalized spacial score (nSPS) is 20.7. The third-order valence-electron chi connectivity index (χ3n) is 7.93. The molecule has 218 valence electrons. The molecule has 4 rings (SSSR count). The number of hydrogen-bond donors (Lipinski definition) is 1. The van der Waals surface area contributed by atoms with E-state index in [0.29, 0.717) is 51.2 Å². The topological polar surface area (TPSA) is 65.0 Å². The van der Waals surface area contributed by atoms with Crippen LogP contribution >= 0.6 is 0 Å². The van der Waals surface area contributed by atoms with Gasteiger partial charge in [-0.15, -0.1) is 4.91 Å². The van der Waals surface area contributed by atoms with E-state index in [0.717, 1.165) is 42.8 Å². The van der Waals surface area contributed by atoms with E-state index in [1.165, 1.54) is 18.2 Å². The lowest BCUT2D eigenvalue weighted by Crippen LogP contribution is -2.42. The molecule has 0 bridgehead atoms. The molecular weight excluding hydrogens is 538 g/mol. The van der Waals surface area contributed by atoms with Crippen molar-refractivity contribution in [1.82, 2.24) is 4.90 Å². The van der Waals surface area contributed by atoms with Crippen LogP contribution in [0.2, 0.25) is 0 Å². The van der Waals surface area contributed by atoms with Crippen LogP contribution in [0.3, 0.4) is 0 Å². The minimum atomic E-state index is -4.69. The first-order valence-corrected chi connectivity index (χ1v) is 13.3. The number of hydrogen-bond acceptors (Lipinski definition) is 5. The van der Waals surface area contributed by atoms with Crippen LogP contribution in [0.4, 0.5) is 43.4 Å². The highest BCUT2D eigenvalue weighted by atomic mass is 19.4. The minimum Gasteiger partial charge on any atom is -0.382 e. The molecule has 2 aromatic carbocycles. The first-order chi connectivity index (χ1) is 18.8. The maximum Gasteiger partial charge on any atom is 0.418 e. The number of nitrogens with zero attached hydrogens (tertiary/aromatic N) is 3. The molecule has 1 heterocycles. The fraction of sp³-hybridized carbons (Fsp3) is 0.536. The highest BCUT2D eigenvalue weighted by molar-refractivity contribution is 5.78. The molecule has 0 aromatic heterocycles. The van der Waals surface area contributed by atoms with E-state index in [9.17, 15) is 36.0 Å². The van der Waals surface area contributed by atoms with Crippen LogP contribution in [0.5, 0.6) is 0 Å². The molecular formula is C28H32F6N4O2. The molecule has 0 atom stereocenters. The molecule has 1 aliphatic heterocycles. The fourth-order valence-corrected chi connectivity index (χ4v) is 5.68. The van der Waals surface area contributed by atoms with E-state index in [1.807, 2.05) is 0 Å². The van der Waals surface area contributed by atoms with E-state index in [2.05, 4.69) is 15.4 Å². The molecule has 1 saturated heterocycles. The Kier molecular flexibility index (Phi) is 8.94. The van der Waals surface area contributed by atoms with Crippen molar-refractivity contribution >= 4 is 23.0 Å². The second-order valence-corrected chi connectivity index (χ2v) is 10.7. The Morgan fingerprint density at radius 1 is 0.925 bits per heavy atom. The maximum atomic E-state index is 13.2. The first kappa shape index (κ1) is 29.7. The quantitative estimate of drug-likeness (QED) is 0.277. The predicted octanol–water partition coefficient (Wildman–Crippen LogP) is 7.47. The largest absolute Gasteiger partial charge is 0.418 e. The smallest absolute Gasteiger partial charge is 0.382 e. The third kappa shape index (κ3) is 7.25. The Morgan fingerprint density at radius 3 is 2.10 bits per heavy atom. The average Bonchev–Trinajstić information content (AvgIpc) is 2.92. The maximum absolute atomic E-state index is 13.2. The van der Waals surface area contributed by atoms with E-state index in [1.54, 1.807) is 11.9 Å². The summed E-state index contributed by atoms with van der Waals surface area (Å²) in [5.74, 6) is 0.205. The number of carbonyl (C=O) groups is 1. The lowest BCUT2D eigenvalue weighted by atomic mass is 9.84. The molecule has 6 nitrogen and oxygen atoms in total. The molecule has 1 aliphatic carbocycles. The summed E-state index contributed by atoms with van der Waals surface area (Å²) in [5, 5.41) is 5.56. The number of carbonyl (C=O) groups excluding carboxylic acids is 1. The van der Waals surface area contributed by atoms with Crippen molar-refractivity contribution in [2.75, 3.05) is 36.9 Å². The number of amides is 1. The highest BCUT2D eigenvalue weighted by Crippen LogP contribution is 2.39. The molecule has 1 saturated carbocycles.